The maximum Gasteiger partial charge on any atom is 0.442 e. The first-order valence-corrected chi connectivity index (χ1v) is 12.5. The van der Waals surface area contributed by atoms with Crippen molar-refractivity contribution in [1.29, 1.82) is 0 Å². The summed E-state index contributed by atoms with van der Waals surface area (Å²) in [6.45, 7) is 1.76. The third-order valence-corrected chi connectivity index (χ3v) is 6.83. The zero-order valence-corrected chi connectivity index (χ0v) is 20.8. The van der Waals surface area contributed by atoms with Gasteiger partial charge in [-0.15, -0.1) is 0 Å². The van der Waals surface area contributed by atoms with Gasteiger partial charge in [0.05, 0.1) is 28.9 Å². The van der Waals surface area contributed by atoms with Crippen LogP contribution in [-0.2, 0) is 16.1 Å². The zero-order valence-electron chi connectivity index (χ0n) is 20.0. The number of aliphatic imine (C=N–C) groups is 1. The first kappa shape index (κ1) is 25.4. The normalized spacial score (nSPS) is 17.5. The lowest BCUT2D eigenvalue weighted by atomic mass is 10.1. The van der Waals surface area contributed by atoms with Crippen molar-refractivity contribution in [1.82, 2.24) is 9.88 Å². The van der Waals surface area contributed by atoms with Crippen molar-refractivity contribution in [3.8, 4) is 0 Å². The molecule has 5 rings (SSSR count). The number of nitrogens with one attached hydrogen (secondary N) is 1. The van der Waals surface area contributed by atoms with Gasteiger partial charge in [0.25, 0.3) is 5.91 Å². The van der Waals surface area contributed by atoms with E-state index in [1.807, 2.05) is 0 Å². The van der Waals surface area contributed by atoms with E-state index in [4.69, 9.17) is 4.74 Å². The minimum atomic E-state index is -5.09. The Morgan fingerprint density at radius 1 is 1.05 bits per heavy atom. The predicted molar refractivity (Wildman–Crippen MR) is 138 cm³/mol. The second kappa shape index (κ2) is 9.90. The topological polar surface area (TPSA) is 83.9 Å². The number of hydrogen-bond acceptors (Lipinski definition) is 7. The van der Waals surface area contributed by atoms with Crippen molar-refractivity contribution in [2.75, 3.05) is 11.9 Å². The molecule has 0 spiro atoms. The molecular weight excluding hydrogens is 517 g/mol. The molecule has 7 nitrogen and oxygen atoms in total. The fourth-order valence-corrected chi connectivity index (χ4v) is 5.05. The second-order valence-electron chi connectivity index (χ2n) is 8.43. The number of ether oxygens (including phenoxy) is 1. The smallest absolute Gasteiger partial charge is 0.442 e. The number of hydrogen-bond donors (Lipinski definition) is 1. The fraction of sp³-hybridized carbons (Fsp3) is 0.185. The summed E-state index contributed by atoms with van der Waals surface area (Å²) in [5, 5.41) is 2.15. The number of benzene rings is 3. The molecule has 1 unspecified atom stereocenters. The number of thiazole rings is 1. The molecule has 0 saturated heterocycles. The number of amides is 1. The highest BCUT2D eigenvalue weighted by Gasteiger charge is 2.66. The van der Waals surface area contributed by atoms with Gasteiger partial charge in [-0.2, -0.15) is 13.2 Å². The van der Waals surface area contributed by atoms with E-state index in [-0.39, 0.29) is 29.7 Å². The molecule has 0 bridgehead atoms. The summed E-state index contributed by atoms with van der Waals surface area (Å²) in [7, 11) is 0. The summed E-state index contributed by atoms with van der Waals surface area (Å²) in [5.74, 6) is -1.92. The molecule has 0 radical (unpaired) electrons. The summed E-state index contributed by atoms with van der Waals surface area (Å²) >= 11 is 0.883. The summed E-state index contributed by atoms with van der Waals surface area (Å²) in [6.07, 6.45) is -5.09. The molecule has 0 aliphatic carbocycles. The van der Waals surface area contributed by atoms with Crippen LogP contribution in [0.4, 0.5) is 18.3 Å². The van der Waals surface area contributed by atoms with Crippen LogP contribution in [0, 0.1) is 0 Å². The number of rotatable bonds is 7. The number of nitrogens with zero attached hydrogens (tertiary/aromatic N) is 3. The van der Waals surface area contributed by atoms with Gasteiger partial charge in [-0.1, -0.05) is 72.0 Å². The molecule has 11 heteroatoms. The lowest BCUT2D eigenvalue weighted by molar-refractivity contribution is -0.185. The average molecular weight is 539 g/mol. The van der Waals surface area contributed by atoms with Crippen LogP contribution >= 0.6 is 11.3 Å². The van der Waals surface area contributed by atoms with Crippen LogP contribution in [0.5, 0.6) is 0 Å². The van der Waals surface area contributed by atoms with Crippen molar-refractivity contribution in [3.05, 3.63) is 95.6 Å². The van der Waals surface area contributed by atoms with Crippen LogP contribution in [-0.4, -0.2) is 46.0 Å². The maximum atomic E-state index is 14.8. The number of aromatic nitrogens is 1. The molecule has 194 valence electrons. The van der Waals surface area contributed by atoms with Gasteiger partial charge in [-0.25, -0.2) is 14.8 Å². The molecule has 1 aliphatic rings. The molecule has 1 amide bonds. The number of anilines is 1. The number of carbonyl (C=O) groups is 2. The third-order valence-electron chi connectivity index (χ3n) is 5.90. The van der Waals surface area contributed by atoms with E-state index in [1.165, 1.54) is 18.2 Å². The Labute approximate surface area is 219 Å². The highest BCUT2D eigenvalue weighted by atomic mass is 32.1. The van der Waals surface area contributed by atoms with Crippen molar-refractivity contribution in [3.63, 3.8) is 0 Å². The van der Waals surface area contributed by atoms with Crippen LogP contribution in [0.3, 0.4) is 0 Å². The van der Waals surface area contributed by atoms with Crippen molar-refractivity contribution >= 4 is 44.4 Å². The number of carbonyl (C=O) groups excluding carboxylic acids is 2. The average Bonchev–Trinajstić information content (AvgIpc) is 3.43. The summed E-state index contributed by atoms with van der Waals surface area (Å²) in [5.41, 5.74) is -1.66. The Morgan fingerprint density at radius 2 is 1.74 bits per heavy atom. The molecule has 1 aromatic heterocycles. The summed E-state index contributed by atoms with van der Waals surface area (Å²) in [4.78, 5) is 35.0. The van der Waals surface area contributed by atoms with Crippen LogP contribution in [0.2, 0.25) is 0 Å². The van der Waals surface area contributed by atoms with Crippen molar-refractivity contribution in [2.45, 2.75) is 25.3 Å². The molecule has 2 heterocycles. The first-order chi connectivity index (χ1) is 18.2. The van der Waals surface area contributed by atoms with E-state index in [9.17, 15) is 22.8 Å². The highest BCUT2D eigenvalue weighted by molar-refractivity contribution is 7.22. The fourth-order valence-electron chi connectivity index (χ4n) is 4.09. The number of alkyl halides is 3. The van der Waals surface area contributed by atoms with Crippen LogP contribution in [0.25, 0.3) is 10.2 Å². The van der Waals surface area contributed by atoms with Gasteiger partial charge in [-0.05, 0) is 30.7 Å². The zero-order chi connectivity index (χ0) is 26.9. The monoisotopic (exact) mass is 538 g/mol. The van der Waals surface area contributed by atoms with Gasteiger partial charge in [-0.3, -0.25) is 9.69 Å². The number of amidine groups is 1. The Kier molecular flexibility index (Phi) is 6.62. The van der Waals surface area contributed by atoms with Crippen LogP contribution in [0.1, 0.15) is 28.4 Å². The minimum Gasteiger partial charge on any atom is -0.462 e. The largest absolute Gasteiger partial charge is 0.462 e. The quantitative estimate of drug-likeness (QED) is 0.308. The molecule has 0 fully saturated rings. The van der Waals surface area contributed by atoms with Gasteiger partial charge in [0, 0.05) is 5.56 Å². The Bertz CT molecular complexity index is 1520. The molecular formula is C27H21F3N4O3S. The Morgan fingerprint density at radius 3 is 2.39 bits per heavy atom. The molecule has 1 aliphatic heterocycles. The SMILES string of the molecule is CCOC(=O)c1ccc2nc(NC3(C(F)(F)F)N=C(c4ccccc4)N(Cc4ccccc4)C3=O)sc2c1. The summed E-state index contributed by atoms with van der Waals surface area (Å²) < 4.78 is 49.7. The van der Waals surface area contributed by atoms with E-state index in [0.29, 0.717) is 21.3 Å². The van der Waals surface area contributed by atoms with Crippen LogP contribution < -0.4 is 5.32 Å². The van der Waals surface area contributed by atoms with Gasteiger partial charge < -0.3 is 10.1 Å². The summed E-state index contributed by atoms with van der Waals surface area (Å²) in [6, 6.07) is 21.5. The lowest BCUT2D eigenvalue weighted by Gasteiger charge is -2.29. The molecule has 38 heavy (non-hydrogen) atoms. The highest BCUT2D eigenvalue weighted by Crippen LogP contribution is 2.42. The van der Waals surface area contributed by atoms with Gasteiger partial charge in [0.1, 0.15) is 5.84 Å². The number of halogens is 3. The first-order valence-electron chi connectivity index (χ1n) is 11.7. The minimum absolute atomic E-state index is 0.102. The van der Waals surface area contributed by atoms with Crippen molar-refractivity contribution in [2.24, 2.45) is 4.99 Å². The number of fused-ring (bicyclic) bond motifs is 1. The predicted octanol–water partition coefficient (Wildman–Crippen LogP) is 5.63. The molecule has 4 aromatic rings. The van der Waals surface area contributed by atoms with E-state index >= 15 is 0 Å². The van der Waals surface area contributed by atoms with Gasteiger partial charge in [0.2, 0.25) is 0 Å². The third kappa shape index (κ3) is 4.60. The standard InChI is InChI=1S/C27H21F3N4O3S/c1-2-37-23(35)19-13-14-20-21(15-19)38-25(31-20)33-26(27(28,29)30)24(36)34(16-17-9-5-3-6-10-17)22(32-26)18-11-7-4-8-12-18/h3-15H,2,16H2,1H3,(H,31,33). The van der Waals surface area contributed by atoms with E-state index in [0.717, 1.165) is 16.2 Å². The van der Waals surface area contributed by atoms with Gasteiger partial charge in [0.15, 0.2) is 5.13 Å². The number of esters is 1. The Hall–Kier alpha value is -4.25. The molecule has 1 N–H and O–H groups in total. The van der Waals surface area contributed by atoms with Crippen molar-refractivity contribution < 1.29 is 27.5 Å². The second-order valence-corrected chi connectivity index (χ2v) is 9.46. The Balaban J connectivity index is 1.57. The van der Waals surface area contributed by atoms with E-state index in [2.05, 4.69) is 15.3 Å². The molecule has 1 atom stereocenters. The van der Waals surface area contributed by atoms with Crippen LogP contribution in [0.15, 0.2) is 83.9 Å². The molecule has 3 aromatic carbocycles. The van der Waals surface area contributed by atoms with E-state index < -0.39 is 23.7 Å². The molecule has 0 saturated carbocycles. The maximum absolute atomic E-state index is 14.8. The lowest BCUT2D eigenvalue weighted by Crippen LogP contribution is -2.57. The van der Waals surface area contributed by atoms with Gasteiger partial charge >= 0.3 is 17.8 Å². The van der Waals surface area contributed by atoms with E-state index in [1.54, 1.807) is 67.6 Å².